The molecule has 23 heavy (non-hydrogen) atoms. The zero-order chi connectivity index (χ0) is 16.7. The van der Waals surface area contributed by atoms with E-state index in [1.54, 1.807) is 22.9 Å². The van der Waals surface area contributed by atoms with Crippen molar-refractivity contribution in [2.24, 2.45) is 0 Å². The molecule has 2 aromatic carbocycles. The number of halogens is 2. The van der Waals surface area contributed by atoms with Gasteiger partial charge in [-0.05, 0) is 29.8 Å². The molecule has 0 amide bonds. The summed E-state index contributed by atoms with van der Waals surface area (Å²) in [5.41, 5.74) is 0.977. The van der Waals surface area contributed by atoms with Crippen LogP contribution in [0.2, 0.25) is 10.0 Å². The lowest BCUT2D eigenvalue weighted by Gasteiger charge is -2.10. The topological polar surface area (TPSA) is 82.7 Å². The van der Waals surface area contributed by atoms with E-state index in [4.69, 9.17) is 28.3 Å². The molecule has 1 heterocycles. The first-order valence-corrected chi connectivity index (χ1v) is 7.35. The highest BCUT2D eigenvalue weighted by Gasteiger charge is 2.15. The predicted molar refractivity (Wildman–Crippen MR) is 87.8 cm³/mol. The number of aromatic nitrogens is 1. The van der Waals surface area contributed by atoms with Crippen LogP contribution in [0.15, 0.2) is 36.5 Å². The van der Waals surface area contributed by atoms with Gasteiger partial charge in [-0.3, -0.25) is 0 Å². The summed E-state index contributed by atoms with van der Waals surface area (Å²) < 4.78 is 1.72. The van der Waals surface area contributed by atoms with Gasteiger partial charge < -0.3 is 19.9 Å². The minimum absolute atomic E-state index is 0.0811. The van der Waals surface area contributed by atoms with Gasteiger partial charge in [0.2, 0.25) is 0 Å². The highest BCUT2D eigenvalue weighted by atomic mass is 35.5. The molecule has 3 N–H and O–H groups in total. The van der Waals surface area contributed by atoms with Crippen LogP contribution in [0.25, 0.3) is 10.9 Å². The highest BCUT2D eigenvalue weighted by molar-refractivity contribution is 6.39. The molecule has 0 fully saturated rings. The van der Waals surface area contributed by atoms with Crippen molar-refractivity contribution in [3.05, 3.63) is 57.7 Å². The number of aromatic carboxylic acids is 1. The molecule has 3 aromatic rings. The minimum atomic E-state index is -1.20. The van der Waals surface area contributed by atoms with Crippen molar-refractivity contribution in [2.75, 3.05) is 0 Å². The van der Waals surface area contributed by atoms with Gasteiger partial charge in [0.15, 0.2) is 5.75 Å². The smallest absolute Gasteiger partial charge is 0.339 e. The number of aromatic hydroxyl groups is 2. The average Bonchev–Trinajstić information content (AvgIpc) is 2.89. The average molecular weight is 352 g/mol. The number of hydrogen-bond acceptors (Lipinski definition) is 3. The quantitative estimate of drug-likeness (QED) is 0.663. The maximum atomic E-state index is 10.9. The third-order valence-corrected chi connectivity index (χ3v) is 4.17. The Balaban J connectivity index is 2.06. The van der Waals surface area contributed by atoms with Crippen LogP contribution in [0, 0.1) is 0 Å². The molecule has 1 aromatic heterocycles. The van der Waals surface area contributed by atoms with Gasteiger partial charge in [0.05, 0.1) is 15.6 Å². The Morgan fingerprint density at radius 1 is 1.09 bits per heavy atom. The van der Waals surface area contributed by atoms with E-state index in [1.165, 1.54) is 18.2 Å². The van der Waals surface area contributed by atoms with Gasteiger partial charge in [-0.1, -0.05) is 29.3 Å². The lowest BCUT2D eigenvalue weighted by atomic mass is 10.1. The summed E-state index contributed by atoms with van der Waals surface area (Å²) >= 11 is 12.1. The maximum Gasteiger partial charge on any atom is 0.339 e. The largest absolute Gasteiger partial charge is 0.507 e. The molecule has 7 heteroatoms. The number of benzene rings is 2. The number of hydrogen-bond donors (Lipinski definition) is 3. The molecule has 0 saturated carbocycles. The molecule has 0 aliphatic rings. The van der Waals surface area contributed by atoms with E-state index in [1.807, 2.05) is 0 Å². The van der Waals surface area contributed by atoms with Crippen LogP contribution in [0.5, 0.6) is 11.5 Å². The molecular formula is C16H11Cl2NO4. The van der Waals surface area contributed by atoms with Crippen molar-refractivity contribution in [3.63, 3.8) is 0 Å². The molecule has 118 valence electrons. The molecule has 0 atom stereocenters. The Hall–Kier alpha value is -2.37. The molecule has 3 rings (SSSR count). The zero-order valence-electron chi connectivity index (χ0n) is 11.6. The summed E-state index contributed by atoms with van der Waals surface area (Å²) in [5, 5.41) is 30.1. The second-order valence-corrected chi connectivity index (χ2v) is 5.87. The predicted octanol–water partition coefficient (Wildman–Crippen LogP) is 4.11. The Morgan fingerprint density at radius 3 is 2.48 bits per heavy atom. The lowest BCUT2D eigenvalue weighted by molar-refractivity contribution is 0.0693. The molecule has 0 aliphatic carbocycles. The van der Waals surface area contributed by atoms with Crippen LogP contribution in [-0.2, 0) is 6.54 Å². The molecule has 0 aliphatic heterocycles. The summed E-state index contributed by atoms with van der Waals surface area (Å²) in [6, 6.07) is 7.52. The molecular weight excluding hydrogens is 341 g/mol. The van der Waals surface area contributed by atoms with E-state index in [0.29, 0.717) is 28.0 Å². The number of nitrogens with zero attached hydrogens (tertiary/aromatic N) is 1. The van der Waals surface area contributed by atoms with Gasteiger partial charge in [0.25, 0.3) is 0 Å². The Morgan fingerprint density at radius 2 is 1.83 bits per heavy atom. The van der Waals surface area contributed by atoms with E-state index in [2.05, 4.69) is 0 Å². The second-order valence-electron chi connectivity index (χ2n) is 5.05. The zero-order valence-corrected chi connectivity index (χ0v) is 13.1. The second kappa shape index (κ2) is 5.68. The first kappa shape index (κ1) is 15.5. The summed E-state index contributed by atoms with van der Waals surface area (Å²) in [4.78, 5) is 10.9. The number of phenolic OH excluding ortho intramolecular Hbond substituents is 1. The van der Waals surface area contributed by atoms with Gasteiger partial charge in [0, 0.05) is 18.1 Å². The van der Waals surface area contributed by atoms with Gasteiger partial charge in [-0.25, -0.2) is 4.79 Å². The number of carbonyl (C=O) groups is 1. The van der Waals surface area contributed by atoms with Crippen LogP contribution in [0.1, 0.15) is 15.9 Å². The van der Waals surface area contributed by atoms with E-state index in [9.17, 15) is 15.0 Å². The normalized spacial score (nSPS) is 11.0. The molecule has 0 saturated heterocycles. The third kappa shape index (κ3) is 2.69. The summed E-state index contributed by atoms with van der Waals surface area (Å²) in [5.74, 6) is -1.59. The van der Waals surface area contributed by atoms with Crippen molar-refractivity contribution < 1.29 is 20.1 Å². The van der Waals surface area contributed by atoms with Crippen molar-refractivity contribution in [1.82, 2.24) is 4.57 Å². The Bertz CT molecular complexity index is 933. The van der Waals surface area contributed by atoms with Gasteiger partial charge in [-0.15, -0.1) is 0 Å². The van der Waals surface area contributed by atoms with Crippen LogP contribution in [-0.4, -0.2) is 25.9 Å². The van der Waals surface area contributed by atoms with Crippen molar-refractivity contribution in [3.8, 4) is 11.5 Å². The van der Waals surface area contributed by atoms with Crippen LogP contribution in [0.4, 0.5) is 0 Å². The van der Waals surface area contributed by atoms with Gasteiger partial charge in [0.1, 0.15) is 11.3 Å². The SMILES string of the molecule is O=C(O)c1ccc(Cn2ccc3c(Cl)cc(Cl)c(O)c32)cc1O. The van der Waals surface area contributed by atoms with Crippen LogP contribution >= 0.6 is 23.2 Å². The van der Waals surface area contributed by atoms with Crippen molar-refractivity contribution >= 4 is 40.1 Å². The summed E-state index contributed by atoms with van der Waals surface area (Å²) in [6.45, 7) is 0.307. The van der Waals surface area contributed by atoms with Gasteiger partial charge >= 0.3 is 5.97 Å². The Labute approximate surface area is 140 Å². The first-order valence-electron chi connectivity index (χ1n) is 6.59. The summed E-state index contributed by atoms with van der Waals surface area (Å²) in [7, 11) is 0. The van der Waals surface area contributed by atoms with Crippen LogP contribution in [0.3, 0.4) is 0 Å². The fourth-order valence-electron chi connectivity index (χ4n) is 2.48. The molecule has 0 bridgehead atoms. The van der Waals surface area contributed by atoms with Gasteiger partial charge in [-0.2, -0.15) is 0 Å². The maximum absolute atomic E-state index is 10.9. The van der Waals surface area contributed by atoms with Crippen LogP contribution < -0.4 is 0 Å². The van der Waals surface area contributed by atoms with E-state index in [-0.39, 0.29) is 22.1 Å². The standard InChI is InChI=1S/C16H11Cl2NO4/c17-11-6-12(18)15(21)14-9(11)3-4-19(14)7-8-1-2-10(16(22)23)13(20)5-8/h1-6,20-21H,7H2,(H,22,23). The number of phenols is 2. The number of carboxylic acid groups (broad SMARTS) is 1. The minimum Gasteiger partial charge on any atom is -0.507 e. The molecule has 0 radical (unpaired) electrons. The number of fused-ring (bicyclic) bond motifs is 1. The number of rotatable bonds is 3. The lowest BCUT2D eigenvalue weighted by Crippen LogP contribution is -2.01. The summed E-state index contributed by atoms with van der Waals surface area (Å²) in [6.07, 6.45) is 1.73. The van der Waals surface area contributed by atoms with Crippen molar-refractivity contribution in [1.29, 1.82) is 0 Å². The third-order valence-electron chi connectivity index (χ3n) is 3.57. The number of carboxylic acids is 1. The first-order chi connectivity index (χ1) is 10.9. The Kier molecular flexibility index (Phi) is 3.83. The van der Waals surface area contributed by atoms with Crippen molar-refractivity contribution in [2.45, 2.75) is 6.54 Å². The fraction of sp³-hybridized carbons (Fsp3) is 0.0625. The molecule has 5 nitrogen and oxygen atoms in total. The van der Waals surface area contributed by atoms with E-state index >= 15 is 0 Å². The molecule has 0 spiro atoms. The van der Waals surface area contributed by atoms with E-state index < -0.39 is 5.97 Å². The fourth-order valence-corrected chi connectivity index (χ4v) is 3.00. The molecule has 0 unspecified atom stereocenters. The van der Waals surface area contributed by atoms with E-state index in [0.717, 1.165) is 0 Å². The monoisotopic (exact) mass is 351 g/mol. The highest BCUT2D eigenvalue weighted by Crippen LogP contribution is 2.38.